The predicted octanol–water partition coefficient (Wildman–Crippen LogP) is 3.00. The zero-order valence-corrected chi connectivity index (χ0v) is 11.6. The monoisotopic (exact) mass is 271 g/mol. The molecule has 0 aliphatic rings. The van der Waals surface area contributed by atoms with Gasteiger partial charge < -0.3 is 14.8 Å². The second-order valence-electron chi connectivity index (χ2n) is 4.21. The standard InChI is InChI=1S/C16H17NO3/c1-19-13-8-9-16(20-2)14(10-13)15(18)11-17-12-6-4-3-5-7-12/h3-10,17H,11H2,1-2H3. The van der Waals surface area contributed by atoms with Gasteiger partial charge in [-0.2, -0.15) is 0 Å². The van der Waals surface area contributed by atoms with E-state index in [-0.39, 0.29) is 12.3 Å². The van der Waals surface area contributed by atoms with Crippen LogP contribution in [0, 0.1) is 0 Å². The minimum Gasteiger partial charge on any atom is -0.497 e. The van der Waals surface area contributed by atoms with Gasteiger partial charge in [-0.1, -0.05) is 18.2 Å². The van der Waals surface area contributed by atoms with Gasteiger partial charge in [0.25, 0.3) is 0 Å². The van der Waals surface area contributed by atoms with Crippen LogP contribution in [0.2, 0.25) is 0 Å². The third-order valence-electron chi connectivity index (χ3n) is 2.93. The van der Waals surface area contributed by atoms with E-state index in [9.17, 15) is 4.79 Å². The molecule has 0 unspecified atom stereocenters. The van der Waals surface area contributed by atoms with Crippen molar-refractivity contribution >= 4 is 11.5 Å². The van der Waals surface area contributed by atoms with Crippen LogP contribution in [0.25, 0.3) is 0 Å². The molecule has 0 saturated carbocycles. The molecule has 0 amide bonds. The third-order valence-corrected chi connectivity index (χ3v) is 2.93. The van der Waals surface area contributed by atoms with Gasteiger partial charge in [-0.25, -0.2) is 0 Å². The molecular weight excluding hydrogens is 254 g/mol. The molecule has 4 nitrogen and oxygen atoms in total. The number of Topliss-reactive ketones (excluding diaryl/α,β-unsaturated/α-hetero) is 1. The largest absolute Gasteiger partial charge is 0.497 e. The first kappa shape index (κ1) is 13.9. The average molecular weight is 271 g/mol. The zero-order chi connectivity index (χ0) is 14.4. The van der Waals surface area contributed by atoms with E-state index < -0.39 is 0 Å². The number of hydrogen-bond acceptors (Lipinski definition) is 4. The first-order chi connectivity index (χ1) is 9.74. The Morgan fingerprint density at radius 1 is 1.05 bits per heavy atom. The number of ketones is 1. The van der Waals surface area contributed by atoms with Crippen molar-refractivity contribution in [2.75, 3.05) is 26.1 Å². The molecular formula is C16H17NO3. The fraction of sp³-hybridized carbons (Fsp3) is 0.188. The van der Waals surface area contributed by atoms with Crippen molar-refractivity contribution in [2.45, 2.75) is 0 Å². The van der Waals surface area contributed by atoms with Crippen LogP contribution in [-0.4, -0.2) is 26.5 Å². The Hall–Kier alpha value is -2.49. The number of rotatable bonds is 6. The van der Waals surface area contributed by atoms with Gasteiger partial charge in [0.05, 0.1) is 26.3 Å². The van der Waals surface area contributed by atoms with Gasteiger partial charge in [0.15, 0.2) is 5.78 Å². The maximum atomic E-state index is 12.3. The number of nitrogens with one attached hydrogen (secondary N) is 1. The smallest absolute Gasteiger partial charge is 0.185 e. The highest BCUT2D eigenvalue weighted by molar-refractivity contribution is 6.01. The molecule has 0 heterocycles. The molecule has 20 heavy (non-hydrogen) atoms. The maximum Gasteiger partial charge on any atom is 0.185 e. The van der Waals surface area contributed by atoms with E-state index in [0.29, 0.717) is 17.1 Å². The van der Waals surface area contributed by atoms with Crippen LogP contribution in [0.3, 0.4) is 0 Å². The van der Waals surface area contributed by atoms with Crippen molar-refractivity contribution in [1.29, 1.82) is 0 Å². The van der Waals surface area contributed by atoms with Gasteiger partial charge in [0, 0.05) is 5.69 Å². The lowest BCUT2D eigenvalue weighted by atomic mass is 10.1. The molecule has 2 aromatic rings. The Bertz CT molecular complexity index is 582. The summed E-state index contributed by atoms with van der Waals surface area (Å²) in [6, 6.07) is 14.8. The molecule has 0 fully saturated rings. The van der Waals surface area contributed by atoms with Gasteiger partial charge in [0.2, 0.25) is 0 Å². The van der Waals surface area contributed by atoms with Crippen LogP contribution in [0.4, 0.5) is 5.69 Å². The van der Waals surface area contributed by atoms with Crippen molar-refractivity contribution in [2.24, 2.45) is 0 Å². The van der Waals surface area contributed by atoms with Crippen molar-refractivity contribution in [1.82, 2.24) is 0 Å². The summed E-state index contributed by atoms with van der Waals surface area (Å²) in [4.78, 5) is 12.3. The number of carbonyl (C=O) groups excluding carboxylic acids is 1. The van der Waals surface area contributed by atoms with Crippen LogP contribution in [-0.2, 0) is 0 Å². The van der Waals surface area contributed by atoms with Gasteiger partial charge >= 0.3 is 0 Å². The summed E-state index contributed by atoms with van der Waals surface area (Å²) in [5.74, 6) is 1.13. The second-order valence-corrected chi connectivity index (χ2v) is 4.21. The van der Waals surface area contributed by atoms with E-state index in [1.807, 2.05) is 30.3 Å². The fourth-order valence-corrected chi connectivity index (χ4v) is 1.87. The summed E-state index contributed by atoms with van der Waals surface area (Å²) in [6.45, 7) is 0.202. The number of carbonyl (C=O) groups is 1. The summed E-state index contributed by atoms with van der Waals surface area (Å²) in [7, 11) is 3.11. The molecule has 0 spiro atoms. The predicted molar refractivity (Wildman–Crippen MR) is 78.8 cm³/mol. The molecule has 0 bridgehead atoms. The maximum absolute atomic E-state index is 12.3. The Kier molecular flexibility index (Phi) is 4.60. The van der Waals surface area contributed by atoms with Gasteiger partial charge in [-0.15, -0.1) is 0 Å². The van der Waals surface area contributed by atoms with Crippen LogP contribution in [0.1, 0.15) is 10.4 Å². The highest BCUT2D eigenvalue weighted by Gasteiger charge is 2.13. The molecule has 2 aromatic carbocycles. The second kappa shape index (κ2) is 6.61. The zero-order valence-electron chi connectivity index (χ0n) is 11.6. The minimum absolute atomic E-state index is 0.0513. The number of hydrogen-bond donors (Lipinski definition) is 1. The number of benzene rings is 2. The molecule has 0 aromatic heterocycles. The first-order valence-electron chi connectivity index (χ1n) is 6.28. The number of anilines is 1. The number of ether oxygens (including phenoxy) is 2. The van der Waals surface area contributed by atoms with Crippen LogP contribution < -0.4 is 14.8 Å². The van der Waals surface area contributed by atoms with Crippen LogP contribution in [0.5, 0.6) is 11.5 Å². The van der Waals surface area contributed by atoms with Gasteiger partial charge in [-0.3, -0.25) is 4.79 Å². The van der Waals surface area contributed by atoms with Crippen LogP contribution in [0.15, 0.2) is 48.5 Å². The Labute approximate surface area is 118 Å². The molecule has 2 rings (SSSR count). The van der Waals surface area contributed by atoms with Gasteiger partial charge in [-0.05, 0) is 30.3 Å². The molecule has 0 radical (unpaired) electrons. The minimum atomic E-state index is -0.0513. The lowest BCUT2D eigenvalue weighted by Gasteiger charge is -2.10. The highest BCUT2D eigenvalue weighted by Crippen LogP contribution is 2.24. The quantitative estimate of drug-likeness (QED) is 0.820. The van der Waals surface area contributed by atoms with E-state index in [4.69, 9.17) is 9.47 Å². The van der Waals surface area contributed by atoms with Crippen LogP contribution >= 0.6 is 0 Å². The molecule has 1 N–H and O–H groups in total. The van der Waals surface area contributed by atoms with Crippen molar-refractivity contribution in [3.05, 3.63) is 54.1 Å². The van der Waals surface area contributed by atoms with E-state index >= 15 is 0 Å². The summed E-state index contributed by atoms with van der Waals surface area (Å²) in [6.07, 6.45) is 0. The lowest BCUT2D eigenvalue weighted by molar-refractivity contribution is 0.100. The normalized spacial score (nSPS) is 9.90. The average Bonchev–Trinajstić information content (AvgIpc) is 2.52. The SMILES string of the molecule is COc1ccc(OC)c(C(=O)CNc2ccccc2)c1. The molecule has 4 heteroatoms. The first-order valence-corrected chi connectivity index (χ1v) is 6.28. The Morgan fingerprint density at radius 2 is 1.80 bits per heavy atom. The van der Waals surface area contributed by atoms with E-state index in [1.165, 1.54) is 0 Å². The van der Waals surface area contributed by atoms with E-state index in [2.05, 4.69) is 5.32 Å². The van der Waals surface area contributed by atoms with Crippen molar-refractivity contribution < 1.29 is 14.3 Å². The molecule has 0 atom stereocenters. The van der Waals surface area contributed by atoms with Crippen molar-refractivity contribution in [3.63, 3.8) is 0 Å². The number of methoxy groups -OCH3 is 2. The molecule has 104 valence electrons. The van der Waals surface area contributed by atoms with E-state index in [1.54, 1.807) is 32.4 Å². The summed E-state index contributed by atoms with van der Waals surface area (Å²) >= 11 is 0. The molecule has 0 saturated heterocycles. The molecule has 0 aliphatic heterocycles. The third kappa shape index (κ3) is 3.29. The number of para-hydroxylation sites is 1. The van der Waals surface area contributed by atoms with E-state index in [0.717, 1.165) is 5.69 Å². The lowest BCUT2D eigenvalue weighted by Crippen LogP contribution is -2.15. The Morgan fingerprint density at radius 3 is 2.45 bits per heavy atom. The summed E-state index contributed by atoms with van der Waals surface area (Å²) in [5, 5.41) is 3.09. The van der Waals surface area contributed by atoms with Crippen molar-refractivity contribution in [3.8, 4) is 11.5 Å². The Balaban J connectivity index is 2.12. The van der Waals surface area contributed by atoms with Gasteiger partial charge in [0.1, 0.15) is 11.5 Å². The summed E-state index contributed by atoms with van der Waals surface area (Å²) < 4.78 is 10.4. The summed E-state index contributed by atoms with van der Waals surface area (Å²) in [5.41, 5.74) is 1.41. The molecule has 0 aliphatic carbocycles. The topological polar surface area (TPSA) is 47.6 Å². The fourth-order valence-electron chi connectivity index (χ4n) is 1.87. The highest BCUT2D eigenvalue weighted by atomic mass is 16.5.